The average molecular weight is 397 g/mol. The molecule has 3 N–H and O–H groups in total. The van der Waals surface area contributed by atoms with E-state index in [0.29, 0.717) is 33.7 Å². The quantitative estimate of drug-likeness (QED) is 0.591. The number of pyridine rings is 1. The topological polar surface area (TPSA) is 105 Å². The fourth-order valence-electron chi connectivity index (χ4n) is 2.42. The average Bonchev–Trinajstić information content (AvgIpc) is 3.07. The predicted molar refractivity (Wildman–Crippen MR) is 108 cm³/mol. The van der Waals surface area contributed by atoms with Gasteiger partial charge in [0.1, 0.15) is 10.6 Å². The van der Waals surface area contributed by atoms with Crippen molar-refractivity contribution < 1.29 is 14.3 Å². The molecule has 0 unspecified atom stereocenters. The number of rotatable bonds is 6. The summed E-state index contributed by atoms with van der Waals surface area (Å²) in [5, 5.41) is 8.51. The Balaban J connectivity index is 1.61. The van der Waals surface area contributed by atoms with E-state index < -0.39 is 6.03 Å². The molecule has 9 heteroatoms. The Bertz CT molecular complexity index is 975. The minimum atomic E-state index is -0.470. The Kier molecular flexibility index (Phi) is 6.18. The van der Waals surface area contributed by atoms with Gasteiger partial charge in [0.25, 0.3) is 5.91 Å². The first-order chi connectivity index (χ1) is 13.6. The zero-order valence-corrected chi connectivity index (χ0v) is 16.2. The lowest BCUT2D eigenvalue weighted by atomic mass is 10.2. The highest BCUT2D eigenvalue weighted by atomic mass is 32.1. The van der Waals surface area contributed by atoms with E-state index in [9.17, 15) is 9.59 Å². The number of urea groups is 1. The summed E-state index contributed by atoms with van der Waals surface area (Å²) >= 11 is 1.11. The van der Waals surface area contributed by atoms with Crippen molar-refractivity contribution in [2.24, 2.45) is 0 Å². The number of ether oxygens (including phenoxy) is 1. The van der Waals surface area contributed by atoms with Crippen molar-refractivity contribution in [3.63, 3.8) is 0 Å². The molecular weight excluding hydrogens is 378 g/mol. The molecule has 0 bridgehead atoms. The molecule has 0 aliphatic heterocycles. The van der Waals surface area contributed by atoms with Crippen molar-refractivity contribution in [2.45, 2.75) is 13.5 Å². The molecule has 8 nitrogen and oxygen atoms in total. The van der Waals surface area contributed by atoms with Crippen LogP contribution in [-0.4, -0.2) is 29.0 Å². The molecular formula is C19H19N5O3S. The number of para-hydroxylation sites is 2. The lowest BCUT2D eigenvalue weighted by molar-refractivity contribution is 0.0954. The summed E-state index contributed by atoms with van der Waals surface area (Å²) in [5.41, 5.74) is 2.02. The number of carbonyl (C=O) groups excluding carboxylic acids is 2. The van der Waals surface area contributed by atoms with Crippen LogP contribution in [0, 0.1) is 6.92 Å². The minimum absolute atomic E-state index is 0.245. The molecule has 0 radical (unpaired) electrons. The van der Waals surface area contributed by atoms with E-state index in [-0.39, 0.29) is 5.91 Å². The molecule has 3 amide bonds. The SMILES string of the molecule is COc1ccccc1NC(=O)Nc1nc(C)c(C(=O)NCc2ccncc2)s1. The van der Waals surface area contributed by atoms with Gasteiger partial charge in [0.15, 0.2) is 5.13 Å². The summed E-state index contributed by atoms with van der Waals surface area (Å²) in [7, 11) is 1.53. The van der Waals surface area contributed by atoms with Gasteiger partial charge < -0.3 is 15.4 Å². The number of aromatic nitrogens is 2. The number of hydrogen-bond donors (Lipinski definition) is 3. The van der Waals surface area contributed by atoms with Crippen LogP contribution < -0.4 is 20.7 Å². The maximum atomic E-state index is 12.4. The van der Waals surface area contributed by atoms with Crippen LogP contribution >= 0.6 is 11.3 Å². The number of benzene rings is 1. The van der Waals surface area contributed by atoms with Gasteiger partial charge in [-0.15, -0.1) is 0 Å². The van der Waals surface area contributed by atoms with E-state index in [1.54, 1.807) is 37.5 Å². The van der Waals surface area contributed by atoms with Crippen LogP contribution in [0.15, 0.2) is 48.8 Å². The highest BCUT2D eigenvalue weighted by molar-refractivity contribution is 7.17. The van der Waals surface area contributed by atoms with Crippen LogP contribution in [0.3, 0.4) is 0 Å². The molecule has 0 fully saturated rings. The second-order valence-electron chi connectivity index (χ2n) is 5.75. The molecule has 3 rings (SSSR count). The summed E-state index contributed by atoms with van der Waals surface area (Å²) < 4.78 is 5.20. The van der Waals surface area contributed by atoms with Crippen molar-refractivity contribution in [1.82, 2.24) is 15.3 Å². The fourth-order valence-corrected chi connectivity index (χ4v) is 3.30. The van der Waals surface area contributed by atoms with Crippen molar-refractivity contribution in [1.29, 1.82) is 0 Å². The van der Waals surface area contributed by atoms with E-state index >= 15 is 0 Å². The molecule has 2 aromatic heterocycles. The van der Waals surface area contributed by atoms with Crippen molar-refractivity contribution in [3.8, 4) is 5.75 Å². The Labute approximate surface area is 166 Å². The molecule has 0 aliphatic rings. The molecule has 0 saturated carbocycles. The second-order valence-corrected chi connectivity index (χ2v) is 6.75. The molecule has 1 aromatic carbocycles. The molecule has 2 heterocycles. The minimum Gasteiger partial charge on any atom is -0.495 e. The van der Waals surface area contributed by atoms with E-state index in [1.165, 1.54) is 7.11 Å². The first kappa shape index (κ1) is 19.3. The number of aryl methyl sites for hydroxylation is 1. The lowest BCUT2D eigenvalue weighted by Gasteiger charge is -2.09. The van der Waals surface area contributed by atoms with Crippen LogP contribution in [0.5, 0.6) is 5.75 Å². The van der Waals surface area contributed by atoms with Gasteiger partial charge in [-0.05, 0) is 36.8 Å². The molecule has 28 heavy (non-hydrogen) atoms. The largest absolute Gasteiger partial charge is 0.495 e. The Morgan fingerprint density at radius 2 is 1.86 bits per heavy atom. The summed E-state index contributed by atoms with van der Waals surface area (Å²) in [4.78, 5) is 33.3. The third kappa shape index (κ3) is 4.83. The fraction of sp³-hybridized carbons (Fsp3) is 0.158. The first-order valence-electron chi connectivity index (χ1n) is 8.42. The highest BCUT2D eigenvalue weighted by Gasteiger charge is 2.17. The molecule has 144 valence electrons. The van der Waals surface area contributed by atoms with Crippen LogP contribution in [0.1, 0.15) is 20.9 Å². The zero-order chi connectivity index (χ0) is 19.9. The molecule has 0 spiro atoms. The van der Waals surface area contributed by atoms with E-state index in [0.717, 1.165) is 16.9 Å². The van der Waals surface area contributed by atoms with Crippen molar-refractivity contribution in [2.75, 3.05) is 17.7 Å². The smallest absolute Gasteiger partial charge is 0.325 e. The van der Waals surface area contributed by atoms with Crippen LogP contribution in [0.4, 0.5) is 15.6 Å². The highest BCUT2D eigenvalue weighted by Crippen LogP contribution is 2.25. The van der Waals surface area contributed by atoms with Gasteiger partial charge in [-0.25, -0.2) is 9.78 Å². The zero-order valence-electron chi connectivity index (χ0n) is 15.4. The standard InChI is InChI=1S/C19H19N5O3S/c1-12-16(17(25)21-11-13-7-9-20-10-8-13)28-19(22-12)24-18(26)23-14-5-3-4-6-15(14)27-2/h3-10H,11H2,1-2H3,(H,21,25)(H2,22,23,24,26). The van der Waals surface area contributed by atoms with Crippen LogP contribution in [0.25, 0.3) is 0 Å². The maximum absolute atomic E-state index is 12.4. The van der Waals surface area contributed by atoms with Gasteiger partial charge in [0, 0.05) is 18.9 Å². The summed E-state index contributed by atoms with van der Waals surface area (Å²) in [6, 6.07) is 10.3. The van der Waals surface area contributed by atoms with E-state index in [1.807, 2.05) is 18.2 Å². The molecule has 0 saturated heterocycles. The van der Waals surface area contributed by atoms with Crippen LogP contribution in [-0.2, 0) is 6.54 Å². The number of thiazole rings is 1. The monoisotopic (exact) mass is 397 g/mol. The summed E-state index contributed by atoms with van der Waals surface area (Å²) in [6.07, 6.45) is 3.34. The van der Waals surface area contributed by atoms with Crippen LogP contribution in [0.2, 0.25) is 0 Å². The number of hydrogen-bond acceptors (Lipinski definition) is 6. The lowest BCUT2D eigenvalue weighted by Crippen LogP contribution is -2.22. The number of nitrogens with zero attached hydrogens (tertiary/aromatic N) is 2. The maximum Gasteiger partial charge on any atom is 0.325 e. The number of methoxy groups -OCH3 is 1. The van der Waals surface area contributed by atoms with Gasteiger partial charge in [-0.3, -0.25) is 15.1 Å². The summed E-state index contributed by atoms with van der Waals surface area (Å²) in [6.45, 7) is 2.11. The van der Waals surface area contributed by atoms with E-state index in [2.05, 4.69) is 25.9 Å². The first-order valence-corrected chi connectivity index (χ1v) is 9.24. The molecule has 0 aliphatic carbocycles. The molecule has 3 aromatic rings. The summed E-state index contributed by atoms with van der Waals surface area (Å²) in [5.74, 6) is 0.300. The van der Waals surface area contributed by atoms with Gasteiger partial charge in [0.2, 0.25) is 0 Å². The van der Waals surface area contributed by atoms with E-state index in [4.69, 9.17) is 4.74 Å². The third-order valence-corrected chi connectivity index (χ3v) is 4.85. The molecule has 0 atom stereocenters. The number of anilines is 2. The normalized spacial score (nSPS) is 10.2. The second kappa shape index (κ2) is 8.96. The third-order valence-electron chi connectivity index (χ3n) is 3.78. The van der Waals surface area contributed by atoms with Crippen molar-refractivity contribution >= 4 is 34.1 Å². The van der Waals surface area contributed by atoms with Gasteiger partial charge in [-0.1, -0.05) is 23.5 Å². The predicted octanol–water partition coefficient (Wildman–Crippen LogP) is 3.43. The van der Waals surface area contributed by atoms with Crippen molar-refractivity contribution in [3.05, 3.63) is 64.9 Å². The Hall–Kier alpha value is -3.46. The Morgan fingerprint density at radius 3 is 2.61 bits per heavy atom. The van der Waals surface area contributed by atoms with Gasteiger partial charge >= 0.3 is 6.03 Å². The van der Waals surface area contributed by atoms with Gasteiger partial charge in [-0.2, -0.15) is 0 Å². The number of amides is 3. The Morgan fingerprint density at radius 1 is 1.11 bits per heavy atom. The number of nitrogens with one attached hydrogen (secondary N) is 3. The van der Waals surface area contributed by atoms with Gasteiger partial charge in [0.05, 0.1) is 18.5 Å². The number of carbonyl (C=O) groups is 2.